The van der Waals surface area contributed by atoms with E-state index in [0.717, 1.165) is 154 Å². The molecule has 4 saturated carbocycles. The number of rotatable bonds is 47. The third-order valence-corrected chi connectivity index (χ3v) is 63.5. The predicted octanol–water partition coefficient (Wildman–Crippen LogP) is 22.8. The first-order valence-electron chi connectivity index (χ1n) is 50.6. The molecular formula is C97H184N2O19Si6. The summed E-state index contributed by atoms with van der Waals surface area (Å²) in [6.45, 7) is 68.7. The highest BCUT2D eigenvalue weighted by molar-refractivity contribution is 6.75. The topological polar surface area (TPSA) is 231 Å². The van der Waals surface area contributed by atoms with Crippen LogP contribution in [0.15, 0.2) is 11.6 Å². The zero-order valence-corrected chi connectivity index (χ0v) is 90.4. The second kappa shape index (κ2) is 44.7. The number of methoxy groups -OCH3 is 1. The molecule has 2 N–H and O–H groups in total. The van der Waals surface area contributed by atoms with Gasteiger partial charge < -0.3 is 84.6 Å². The zero-order chi connectivity index (χ0) is 92.3. The van der Waals surface area contributed by atoms with Gasteiger partial charge in [0.2, 0.25) is 5.91 Å². The third-order valence-electron chi connectivity index (χ3n) is 35.6. The molecule has 0 aromatic rings. The minimum atomic E-state index is -2.84. The monoisotopic (exact) mass is 1850 g/mol. The number of allylic oxidation sites excluding steroid dienone is 2. The molecule has 720 valence electrons. The van der Waals surface area contributed by atoms with Crippen LogP contribution in [-0.2, 0) is 83.6 Å². The van der Waals surface area contributed by atoms with Crippen molar-refractivity contribution in [1.29, 1.82) is 0 Å². The minimum absolute atomic E-state index is 0.0211. The van der Waals surface area contributed by atoms with E-state index in [1.165, 1.54) is 11.9 Å². The molecule has 27 heteroatoms. The molecule has 0 spiro atoms. The summed E-state index contributed by atoms with van der Waals surface area (Å²) in [5, 5.41) is 6.20. The van der Waals surface area contributed by atoms with E-state index in [1.807, 2.05) is 20.8 Å². The number of hydrogen-bond acceptors (Lipinski definition) is 19. The standard InChI is InChI=1S/C97H184N2O19Si6/c1-32-51-62-105-85(101)82-81(117-123(45-14,46-15)47-16)80(110-86-79(116-122(42-11,43-12)44-13)69(21)73(65-106-86)114-120(36-5,37-6)38-7)83(112-88-84(118-124(48-17,49-18)50-19)78(115-121(39-8,40-9)41-10)68(20)72(108-88)66-107-119(33-2,34-3)35-4)87(111-82)109-76-55-56-93(27)74(94(76,28)67-100)54-57-95(29)75(93)53-52-70-71-63-92(25,26)58-59-97(71,77(104-31)64-96(70,95)30)89(102)98-60-61-99-90(103)113-91(22,23)24/h52,67-69,71-84,86-88H,32-51,53-66H2,1-31H3,(H,98,102)(H,99,103)/t68?,69?,71?,72?,73?,74?,75?,76-,77+,78?,79?,80?,81?,82?,83?,84?,86?,87?,88?,93-,94-,95+,96+,97+/m0/s1. The van der Waals surface area contributed by atoms with E-state index in [9.17, 15) is 4.79 Å². The Morgan fingerprint density at radius 3 is 1.54 bits per heavy atom. The third kappa shape index (κ3) is 22.0. The molecule has 8 rings (SSSR count). The SMILES string of the molecule is CCCCOC(=O)C1OC(O[C@H]2CC[C@@]3(C)C(CC[C@]4(C)C3CC=C3C5CC(C)(C)CC[C@]5(C(=O)NCCNC(=O)OC(C)(C)C)[C@H](OC)C[C@]34C)[C@]2(C)C=O)C(OC2OC(CO[Si](CC)(CC)CC)C(C)C(O[Si](CC)(CC)CC)C2O[Si](CC)(CC)CC)C(OC2OCC(O[Si](CC)(CC)CC)C(C)C2O[Si](CC)(CC)CC)C1O[Si](CC)(CC)CC. The zero-order valence-electron chi connectivity index (χ0n) is 84.4. The summed E-state index contributed by atoms with van der Waals surface area (Å²) < 4.78 is 114. The van der Waals surface area contributed by atoms with Crippen LogP contribution in [0.5, 0.6) is 0 Å². The molecule has 0 aromatic carbocycles. The number of fused-ring (bicyclic) bond motifs is 7. The Morgan fingerprint density at radius 2 is 1.02 bits per heavy atom. The Hall–Kier alpha value is -1.60. The van der Waals surface area contributed by atoms with Crippen LogP contribution in [0.4, 0.5) is 4.79 Å². The molecular weight excluding hydrogens is 1670 g/mol. The highest BCUT2D eigenvalue weighted by Gasteiger charge is 2.73. The molecule has 17 unspecified atom stereocenters. The predicted molar refractivity (Wildman–Crippen MR) is 512 cm³/mol. The normalized spacial score (nSPS) is 35.6. The van der Waals surface area contributed by atoms with E-state index in [-0.39, 0.29) is 84.1 Å². The second-order valence-corrected chi connectivity index (χ2v) is 70.8. The van der Waals surface area contributed by atoms with Crippen LogP contribution >= 0.6 is 0 Å². The van der Waals surface area contributed by atoms with Crippen molar-refractivity contribution >= 4 is 74.2 Å². The number of unbranched alkanes of at least 4 members (excludes halogenated alkanes) is 1. The number of carbonyl (C=O) groups is 4. The molecule has 24 atom stereocenters. The Labute approximate surface area is 761 Å². The van der Waals surface area contributed by atoms with Gasteiger partial charge in [-0.05, 0) is 233 Å². The number of hydrogen-bond donors (Lipinski definition) is 2. The number of aldehydes is 1. The van der Waals surface area contributed by atoms with Gasteiger partial charge in [-0.15, -0.1) is 0 Å². The Morgan fingerprint density at radius 1 is 0.524 bits per heavy atom. The van der Waals surface area contributed by atoms with Crippen LogP contribution in [0.2, 0.25) is 109 Å². The molecule has 8 aliphatic rings. The summed E-state index contributed by atoms with van der Waals surface area (Å²) in [5.41, 5.74) is -2.36. The lowest BCUT2D eigenvalue weighted by atomic mass is 9.33. The van der Waals surface area contributed by atoms with Crippen LogP contribution in [0, 0.1) is 62.1 Å². The fourth-order valence-corrected chi connectivity index (χ4v) is 42.1. The average Bonchev–Trinajstić information content (AvgIpc) is 0.668. The van der Waals surface area contributed by atoms with Gasteiger partial charge in [-0.25, -0.2) is 9.59 Å². The molecule has 7 fully saturated rings. The fraction of sp³-hybridized carbons (Fsp3) is 0.938. The summed E-state index contributed by atoms with van der Waals surface area (Å²) in [6.07, 6.45) is -1.13. The van der Waals surface area contributed by atoms with E-state index in [0.29, 0.717) is 32.3 Å². The first-order valence-corrected chi connectivity index (χ1v) is 65.8. The fourth-order valence-electron chi connectivity index (χ4n) is 25.1. The molecule has 0 bridgehead atoms. The maximum absolute atomic E-state index is 16.2. The van der Waals surface area contributed by atoms with Gasteiger partial charge in [-0.2, -0.15) is 0 Å². The molecule has 3 aliphatic heterocycles. The number of ether oxygens (including phenoxy) is 9. The Bertz CT molecular complexity index is 3340. The molecule has 3 heterocycles. The van der Waals surface area contributed by atoms with Gasteiger partial charge in [0.25, 0.3) is 0 Å². The van der Waals surface area contributed by atoms with Crippen LogP contribution in [0.25, 0.3) is 0 Å². The van der Waals surface area contributed by atoms with Crippen molar-refractivity contribution in [1.82, 2.24) is 10.6 Å². The van der Waals surface area contributed by atoms with Crippen molar-refractivity contribution in [3.05, 3.63) is 11.6 Å². The van der Waals surface area contributed by atoms with Gasteiger partial charge in [0.1, 0.15) is 42.4 Å². The van der Waals surface area contributed by atoms with Crippen molar-refractivity contribution in [2.45, 2.75) is 479 Å². The van der Waals surface area contributed by atoms with Gasteiger partial charge in [0.05, 0.1) is 61.2 Å². The molecule has 3 saturated heterocycles. The number of amides is 2. The first-order chi connectivity index (χ1) is 58.6. The molecule has 21 nitrogen and oxygen atoms in total. The Kier molecular flexibility index (Phi) is 38.8. The van der Waals surface area contributed by atoms with Crippen LogP contribution in [0.3, 0.4) is 0 Å². The summed E-state index contributed by atoms with van der Waals surface area (Å²) >= 11 is 0. The van der Waals surface area contributed by atoms with E-state index in [2.05, 4.69) is 204 Å². The van der Waals surface area contributed by atoms with E-state index in [1.54, 1.807) is 7.11 Å². The van der Waals surface area contributed by atoms with Gasteiger partial charge >= 0.3 is 12.1 Å². The number of nitrogens with one attached hydrogen (secondary N) is 2. The summed E-state index contributed by atoms with van der Waals surface area (Å²) in [4.78, 5) is 60.0. The Balaban J connectivity index is 1.36. The van der Waals surface area contributed by atoms with Gasteiger partial charge in [-0.3, -0.25) is 4.79 Å². The van der Waals surface area contributed by atoms with Gasteiger partial charge in [-0.1, -0.05) is 205 Å². The van der Waals surface area contributed by atoms with Crippen LogP contribution in [0.1, 0.15) is 278 Å². The summed E-state index contributed by atoms with van der Waals surface area (Å²) in [7, 11) is -13.2. The minimum Gasteiger partial charge on any atom is -0.464 e. The second-order valence-electron chi connectivity index (χ2n) is 42.4. The van der Waals surface area contributed by atoms with Crippen molar-refractivity contribution in [3.63, 3.8) is 0 Å². The smallest absolute Gasteiger partial charge is 0.407 e. The molecule has 124 heavy (non-hydrogen) atoms. The van der Waals surface area contributed by atoms with Crippen molar-refractivity contribution in [3.8, 4) is 0 Å². The van der Waals surface area contributed by atoms with E-state index >= 15 is 14.4 Å². The highest BCUT2D eigenvalue weighted by atomic mass is 28.4. The highest BCUT2D eigenvalue weighted by Crippen LogP contribution is 2.76. The van der Waals surface area contributed by atoms with Crippen molar-refractivity contribution in [2.75, 3.05) is 40.0 Å². The largest absolute Gasteiger partial charge is 0.464 e. The lowest BCUT2D eigenvalue weighted by molar-refractivity contribution is -0.385. The lowest BCUT2D eigenvalue weighted by Gasteiger charge is -2.72. The number of carbonyl (C=O) groups excluding carboxylic acids is 4. The van der Waals surface area contributed by atoms with Crippen molar-refractivity contribution < 1.29 is 88.4 Å². The van der Waals surface area contributed by atoms with E-state index in [4.69, 9.17) is 69.2 Å². The number of esters is 1. The lowest BCUT2D eigenvalue weighted by Crippen LogP contribution is -2.70. The molecule has 2 amide bonds. The first kappa shape index (κ1) is 108. The van der Waals surface area contributed by atoms with Crippen LogP contribution < -0.4 is 10.6 Å². The van der Waals surface area contributed by atoms with Gasteiger partial charge in [0.15, 0.2) is 74.9 Å². The molecule has 0 radical (unpaired) electrons. The van der Waals surface area contributed by atoms with Gasteiger partial charge in [0, 0.05) is 32.0 Å². The maximum atomic E-state index is 16.2. The van der Waals surface area contributed by atoms with Crippen LogP contribution in [-0.4, -0.2) is 206 Å². The number of alkyl carbamates (subject to hydrolysis) is 1. The summed E-state index contributed by atoms with van der Waals surface area (Å²) in [5.74, 6) is -1.13. The summed E-state index contributed by atoms with van der Waals surface area (Å²) in [6, 6.07) is 16.1. The maximum Gasteiger partial charge on any atom is 0.407 e. The van der Waals surface area contributed by atoms with E-state index < -0.39 is 164 Å². The quantitative estimate of drug-likeness (QED) is 0.0144. The molecule has 5 aliphatic carbocycles. The van der Waals surface area contributed by atoms with Crippen molar-refractivity contribution in [2.24, 2.45) is 62.1 Å². The molecule has 0 aromatic heterocycles. The average molecular weight is 1850 g/mol.